The fourth-order valence-corrected chi connectivity index (χ4v) is 3.23. The summed E-state index contributed by atoms with van der Waals surface area (Å²) in [6, 6.07) is 5.37. The number of amides is 1. The van der Waals surface area contributed by atoms with Gasteiger partial charge in [-0.1, -0.05) is 12.1 Å². The molecule has 1 aromatic carbocycles. The Labute approximate surface area is 190 Å². The molecule has 5 N–H and O–H groups in total. The molecule has 32 heavy (non-hydrogen) atoms. The van der Waals surface area contributed by atoms with Crippen molar-refractivity contribution in [2.24, 2.45) is 11.5 Å². The number of ether oxygens (including phenoxy) is 3. The van der Waals surface area contributed by atoms with Gasteiger partial charge in [0, 0.05) is 12.6 Å². The highest BCUT2D eigenvalue weighted by Crippen LogP contribution is 2.35. The van der Waals surface area contributed by atoms with Gasteiger partial charge in [0.25, 0.3) is 0 Å². The van der Waals surface area contributed by atoms with E-state index in [2.05, 4.69) is 5.48 Å². The normalized spacial score (nSPS) is 19.1. The van der Waals surface area contributed by atoms with Crippen molar-refractivity contribution < 1.29 is 28.6 Å². The Balaban J connectivity index is 2.26. The lowest BCUT2D eigenvalue weighted by Crippen LogP contribution is -2.58. The van der Waals surface area contributed by atoms with Gasteiger partial charge in [-0.2, -0.15) is 5.48 Å². The first-order chi connectivity index (χ1) is 14.6. The second-order valence-corrected chi connectivity index (χ2v) is 10.2. The van der Waals surface area contributed by atoms with Gasteiger partial charge in [-0.3, -0.25) is 0 Å². The van der Waals surface area contributed by atoms with Gasteiger partial charge in [-0.25, -0.2) is 14.4 Å². The van der Waals surface area contributed by atoms with Crippen LogP contribution in [0.25, 0.3) is 0 Å². The second-order valence-electron chi connectivity index (χ2n) is 10.2. The Bertz CT molecular complexity index is 830. The number of rotatable bonds is 6. The molecule has 0 spiro atoms. The van der Waals surface area contributed by atoms with Crippen LogP contribution < -0.4 is 21.7 Å². The average Bonchev–Trinajstić information content (AvgIpc) is 2.68. The largest absolute Gasteiger partial charge is 0.486 e. The summed E-state index contributed by atoms with van der Waals surface area (Å²) in [5, 5.41) is 0. The van der Waals surface area contributed by atoms with Gasteiger partial charge in [0.2, 0.25) is 5.60 Å². The predicted molar refractivity (Wildman–Crippen MR) is 120 cm³/mol. The quantitative estimate of drug-likeness (QED) is 0.444. The van der Waals surface area contributed by atoms with Crippen molar-refractivity contribution in [2.75, 3.05) is 6.54 Å². The van der Waals surface area contributed by atoms with E-state index in [9.17, 15) is 9.59 Å². The van der Waals surface area contributed by atoms with Crippen LogP contribution in [0.5, 0.6) is 5.75 Å². The standard InChI is InChI=1S/C23H37N3O6/c1-21(2,3)30-19(27)23(7,32-26-20(28)31-22(4,5)6)18-11-9-15-12-14(16(25)13-24)8-10-17(15)29-18/h8,10,12,16,18H,9,11,13,24-25H2,1-7H3,(H,26,28). The number of carbonyl (C=O) groups is 2. The van der Waals surface area contributed by atoms with Crippen LogP contribution in [0.3, 0.4) is 0 Å². The summed E-state index contributed by atoms with van der Waals surface area (Å²) < 4.78 is 16.9. The monoisotopic (exact) mass is 451 g/mol. The van der Waals surface area contributed by atoms with Gasteiger partial charge in [0.05, 0.1) is 0 Å². The van der Waals surface area contributed by atoms with Crippen LogP contribution in [-0.2, 0) is 25.5 Å². The number of nitrogens with one attached hydrogen (secondary N) is 1. The molecule has 0 aliphatic carbocycles. The summed E-state index contributed by atoms with van der Waals surface area (Å²) >= 11 is 0. The van der Waals surface area contributed by atoms with Crippen LogP contribution >= 0.6 is 0 Å². The fourth-order valence-electron chi connectivity index (χ4n) is 3.23. The molecule has 2 rings (SSSR count). The third-order valence-corrected chi connectivity index (χ3v) is 4.88. The Hall–Kier alpha value is -2.36. The smallest absolute Gasteiger partial charge is 0.431 e. The molecule has 0 radical (unpaired) electrons. The van der Waals surface area contributed by atoms with Crippen LogP contribution in [0.1, 0.15) is 72.1 Å². The van der Waals surface area contributed by atoms with Crippen LogP contribution in [0.15, 0.2) is 18.2 Å². The first-order valence-corrected chi connectivity index (χ1v) is 10.8. The van der Waals surface area contributed by atoms with Gasteiger partial charge < -0.3 is 25.7 Å². The minimum absolute atomic E-state index is 0.258. The second kappa shape index (κ2) is 9.64. The molecule has 0 bridgehead atoms. The fraction of sp³-hybridized carbons (Fsp3) is 0.652. The molecule has 1 aromatic rings. The summed E-state index contributed by atoms with van der Waals surface area (Å²) in [4.78, 5) is 30.9. The Morgan fingerprint density at radius 3 is 2.31 bits per heavy atom. The topological polar surface area (TPSA) is 135 Å². The molecular weight excluding hydrogens is 414 g/mol. The molecule has 9 nitrogen and oxygen atoms in total. The molecule has 0 fully saturated rings. The van der Waals surface area contributed by atoms with Gasteiger partial charge in [-0.05, 0) is 78.5 Å². The summed E-state index contributed by atoms with van der Waals surface area (Å²) in [6.07, 6.45) is -0.447. The minimum atomic E-state index is -1.62. The SMILES string of the molecule is CC(C)(C)OC(=O)NOC(C)(C(=O)OC(C)(C)C)C1CCc2cc(C(N)CN)ccc2O1. The van der Waals surface area contributed by atoms with Crippen LogP contribution in [-0.4, -0.2) is 41.5 Å². The zero-order valence-electron chi connectivity index (χ0n) is 20.1. The maximum absolute atomic E-state index is 13.1. The molecule has 1 amide bonds. The third kappa shape index (κ3) is 6.82. The number of hydroxylamine groups is 1. The first-order valence-electron chi connectivity index (χ1n) is 10.8. The molecule has 0 saturated carbocycles. The van der Waals surface area contributed by atoms with E-state index in [0.717, 1.165) is 11.1 Å². The number of fused-ring (bicyclic) bond motifs is 1. The molecule has 3 unspecified atom stereocenters. The molecular formula is C23H37N3O6. The third-order valence-electron chi connectivity index (χ3n) is 4.88. The molecule has 0 saturated heterocycles. The van der Waals surface area contributed by atoms with E-state index in [-0.39, 0.29) is 6.04 Å². The van der Waals surface area contributed by atoms with Crippen molar-refractivity contribution in [1.29, 1.82) is 0 Å². The number of benzene rings is 1. The molecule has 180 valence electrons. The zero-order chi connectivity index (χ0) is 24.3. The number of nitrogens with two attached hydrogens (primary N) is 2. The lowest BCUT2D eigenvalue weighted by atomic mass is 9.89. The number of hydrogen-bond acceptors (Lipinski definition) is 8. The molecule has 0 aromatic heterocycles. The number of carbonyl (C=O) groups excluding carboxylic acids is 2. The highest BCUT2D eigenvalue weighted by Gasteiger charge is 2.50. The summed E-state index contributed by atoms with van der Waals surface area (Å²) in [5.41, 5.74) is 12.7. The molecule has 9 heteroatoms. The van der Waals surface area contributed by atoms with E-state index in [0.29, 0.717) is 25.1 Å². The summed E-state index contributed by atoms with van der Waals surface area (Å²) in [7, 11) is 0. The molecule has 1 aliphatic heterocycles. The number of hydrogen-bond donors (Lipinski definition) is 3. The Kier molecular flexibility index (Phi) is 7.80. The van der Waals surface area contributed by atoms with Crippen molar-refractivity contribution in [3.8, 4) is 5.75 Å². The minimum Gasteiger partial charge on any atom is -0.486 e. The summed E-state index contributed by atoms with van der Waals surface area (Å²) in [5.74, 6) is -0.0406. The van der Waals surface area contributed by atoms with Crippen molar-refractivity contribution in [2.45, 2.75) is 90.3 Å². The predicted octanol–water partition coefficient (Wildman–Crippen LogP) is 2.90. The van der Waals surface area contributed by atoms with E-state index in [1.54, 1.807) is 41.5 Å². The van der Waals surface area contributed by atoms with E-state index in [1.165, 1.54) is 6.92 Å². The highest BCUT2D eigenvalue weighted by molar-refractivity contribution is 5.81. The van der Waals surface area contributed by atoms with Gasteiger partial charge >= 0.3 is 12.1 Å². The van der Waals surface area contributed by atoms with E-state index < -0.39 is 35.0 Å². The maximum Gasteiger partial charge on any atom is 0.431 e. The Morgan fingerprint density at radius 1 is 1.12 bits per heavy atom. The zero-order valence-corrected chi connectivity index (χ0v) is 20.1. The number of esters is 1. The van der Waals surface area contributed by atoms with Crippen LogP contribution in [0.4, 0.5) is 4.79 Å². The van der Waals surface area contributed by atoms with Crippen LogP contribution in [0, 0.1) is 0 Å². The molecule has 1 heterocycles. The van der Waals surface area contributed by atoms with E-state index in [1.807, 2.05) is 18.2 Å². The average molecular weight is 452 g/mol. The van der Waals surface area contributed by atoms with Crippen LogP contribution in [0.2, 0.25) is 0 Å². The van der Waals surface area contributed by atoms with Crippen molar-refractivity contribution in [3.63, 3.8) is 0 Å². The summed E-state index contributed by atoms with van der Waals surface area (Å²) in [6.45, 7) is 12.3. The van der Waals surface area contributed by atoms with Crippen molar-refractivity contribution >= 4 is 12.1 Å². The lowest BCUT2D eigenvalue weighted by molar-refractivity contribution is -0.205. The number of aryl methyl sites for hydroxylation is 1. The first kappa shape index (κ1) is 25.9. The van der Waals surface area contributed by atoms with Gasteiger partial charge in [0.15, 0.2) is 0 Å². The van der Waals surface area contributed by atoms with E-state index in [4.69, 9.17) is 30.5 Å². The lowest BCUT2D eigenvalue weighted by Gasteiger charge is -2.39. The molecule has 3 atom stereocenters. The molecule has 1 aliphatic rings. The maximum atomic E-state index is 13.1. The van der Waals surface area contributed by atoms with Gasteiger partial charge in [0.1, 0.15) is 23.1 Å². The highest BCUT2D eigenvalue weighted by atomic mass is 16.7. The van der Waals surface area contributed by atoms with Crippen molar-refractivity contribution in [3.05, 3.63) is 29.3 Å². The van der Waals surface area contributed by atoms with Gasteiger partial charge in [-0.15, -0.1) is 0 Å². The Morgan fingerprint density at radius 2 is 1.75 bits per heavy atom. The van der Waals surface area contributed by atoms with Crippen molar-refractivity contribution in [1.82, 2.24) is 5.48 Å². The van der Waals surface area contributed by atoms with E-state index >= 15 is 0 Å².